The van der Waals surface area contributed by atoms with Gasteiger partial charge in [-0.15, -0.1) is 0 Å². The molecule has 0 aliphatic carbocycles. The third kappa shape index (κ3) is 2.91. The minimum Gasteiger partial charge on any atom is -0.396 e. The fourth-order valence-corrected chi connectivity index (χ4v) is 3.16. The number of likely N-dealkylation sites (N-methyl/N-ethyl adjacent to an activating group) is 1. The summed E-state index contributed by atoms with van der Waals surface area (Å²) in [7, 11) is 2.00. The van der Waals surface area contributed by atoms with Crippen molar-refractivity contribution in [3.8, 4) is 0 Å². The second-order valence-corrected chi connectivity index (χ2v) is 6.32. The number of anilines is 2. The number of hydrogen-bond donors (Lipinski definition) is 1. The van der Waals surface area contributed by atoms with Gasteiger partial charge in [-0.2, -0.15) is 0 Å². The average Bonchev–Trinajstić information content (AvgIpc) is 2.56. The Morgan fingerprint density at radius 2 is 2.17 bits per heavy atom. The van der Waals surface area contributed by atoms with Gasteiger partial charge in [0.05, 0.1) is 5.69 Å². The third-order valence-corrected chi connectivity index (χ3v) is 4.57. The van der Waals surface area contributed by atoms with Crippen LogP contribution in [0, 0.1) is 5.82 Å². The van der Waals surface area contributed by atoms with Gasteiger partial charge in [0.1, 0.15) is 11.6 Å². The van der Waals surface area contributed by atoms with Crippen molar-refractivity contribution in [1.82, 2.24) is 9.97 Å². The van der Waals surface area contributed by atoms with Gasteiger partial charge in [-0.3, -0.25) is 0 Å². The number of thioether (sulfide) groups is 1. The molecule has 120 valence electrons. The molecule has 2 heterocycles. The van der Waals surface area contributed by atoms with Gasteiger partial charge < -0.3 is 10.6 Å². The molecule has 2 aromatic rings. The van der Waals surface area contributed by atoms with Crippen LogP contribution in [0.25, 0.3) is 11.6 Å². The maximum atomic E-state index is 13.7. The van der Waals surface area contributed by atoms with E-state index < -0.39 is 0 Å². The van der Waals surface area contributed by atoms with Gasteiger partial charge in [0, 0.05) is 25.4 Å². The molecule has 1 aliphatic heterocycles. The summed E-state index contributed by atoms with van der Waals surface area (Å²) < 4.78 is 13.7. The van der Waals surface area contributed by atoms with Crippen molar-refractivity contribution in [2.75, 3.05) is 30.5 Å². The first kappa shape index (κ1) is 15.8. The fourth-order valence-electron chi connectivity index (χ4n) is 2.82. The summed E-state index contributed by atoms with van der Waals surface area (Å²) in [6.45, 7) is 2.72. The lowest BCUT2D eigenvalue weighted by Crippen LogP contribution is -2.25. The van der Waals surface area contributed by atoms with E-state index in [0.29, 0.717) is 6.54 Å². The normalized spacial score (nSPS) is 13.7. The van der Waals surface area contributed by atoms with Crippen LogP contribution in [0.4, 0.5) is 15.9 Å². The van der Waals surface area contributed by atoms with Gasteiger partial charge in [0.2, 0.25) is 0 Å². The number of hydrogen-bond acceptors (Lipinski definition) is 5. The summed E-state index contributed by atoms with van der Waals surface area (Å²) in [6.07, 6.45) is 6.62. The van der Waals surface area contributed by atoms with Crippen LogP contribution in [0.3, 0.4) is 0 Å². The maximum absolute atomic E-state index is 13.7. The zero-order valence-electron chi connectivity index (χ0n) is 13.4. The number of halogens is 1. The molecule has 0 unspecified atom stereocenters. The Balaban J connectivity index is 2.11. The molecule has 0 bridgehead atoms. The lowest BCUT2D eigenvalue weighted by atomic mass is 9.93. The zero-order valence-corrected chi connectivity index (χ0v) is 14.2. The Hall–Kier alpha value is -2.08. The van der Waals surface area contributed by atoms with Gasteiger partial charge in [-0.05, 0) is 47.6 Å². The van der Waals surface area contributed by atoms with E-state index in [2.05, 4.69) is 20.9 Å². The second kappa shape index (κ2) is 6.20. The van der Waals surface area contributed by atoms with Gasteiger partial charge in [-0.1, -0.05) is 18.7 Å². The number of nitrogens with zero attached hydrogens (tertiary/aromatic N) is 3. The van der Waals surface area contributed by atoms with Crippen LogP contribution in [-0.2, 0) is 6.42 Å². The largest absolute Gasteiger partial charge is 0.396 e. The molecule has 1 aromatic heterocycles. The standard InChI is InChI=1S/C17H19FN4S/c1-4-10-6-14(18)15(19)7-13(10)12-5-11-8-20-17(23-3)21-16(11)22(2)9-12/h5-8H,4,9,19H2,1-3H3. The first-order chi connectivity index (χ1) is 11.0. The molecule has 0 spiro atoms. The molecule has 0 fully saturated rings. The van der Waals surface area contributed by atoms with Crippen molar-refractivity contribution < 1.29 is 4.39 Å². The Morgan fingerprint density at radius 3 is 2.87 bits per heavy atom. The van der Waals surface area contributed by atoms with Gasteiger partial charge in [0.25, 0.3) is 0 Å². The monoisotopic (exact) mass is 330 g/mol. The van der Waals surface area contributed by atoms with Crippen LogP contribution in [0.2, 0.25) is 0 Å². The predicted octanol–water partition coefficient (Wildman–Crippen LogP) is 3.47. The van der Waals surface area contributed by atoms with Crippen LogP contribution < -0.4 is 10.6 Å². The van der Waals surface area contributed by atoms with Crippen LogP contribution in [-0.4, -0.2) is 29.8 Å². The van der Waals surface area contributed by atoms with Crippen molar-refractivity contribution >= 4 is 34.9 Å². The molecule has 1 aliphatic rings. The maximum Gasteiger partial charge on any atom is 0.189 e. The van der Waals surface area contributed by atoms with Crippen LogP contribution >= 0.6 is 11.8 Å². The Morgan fingerprint density at radius 1 is 1.39 bits per heavy atom. The highest BCUT2D eigenvalue weighted by atomic mass is 32.2. The summed E-state index contributed by atoms with van der Waals surface area (Å²) in [5, 5.41) is 0.757. The van der Waals surface area contributed by atoms with Crippen LogP contribution in [0.1, 0.15) is 23.6 Å². The molecule has 2 N–H and O–H groups in total. The molecule has 0 saturated carbocycles. The highest BCUT2D eigenvalue weighted by Gasteiger charge is 2.20. The number of nitrogens with two attached hydrogens (primary N) is 1. The molecule has 4 nitrogen and oxygen atoms in total. The summed E-state index contributed by atoms with van der Waals surface area (Å²) in [6, 6.07) is 3.27. The molecular weight excluding hydrogens is 311 g/mol. The molecule has 1 aromatic carbocycles. The SMILES string of the molecule is CCc1cc(F)c(N)cc1C1=Cc2cnc(SC)nc2N(C)C1. The molecule has 0 atom stereocenters. The third-order valence-electron chi connectivity index (χ3n) is 4.00. The smallest absolute Gasteiger partial charge is 0.189 e. The summed E-state index contributed by atoms with van der Waals surface area (Å²) in [5.41, 5.74) is 9.98. The van der Waals surface area contributed by atoms with Crippen molar-refractivity contribution in [2.45, 2.75) is 18.5 Å². The van der Waals surface area contributed by atoms with Gasteiger partial charge >= 0.3 is 0 Å². The van der Waals surface area contributed by atoms with E-state index in [1.165, 1.54) is 17.8 Å². The summed E-state index contributed by atoms with van der Waals surface area (Å²) in [5.74, 6) is 0.560. The van der Waals surface area contributed by atoms with Gasteiger partial charge in [0.15, 0.2) is 5.16 Å². The van der Waals surface area contributed by atoms with Gasteiger partial charge in [-0.25, -0.2) is 14.4 Å². The number of fused-ring (bicyclic) bond motifs is 1. The zero-order chi connectivity index (χ0) is 16.6. The van der Waals surface area contributed by atoms with E-state index in [0.717, 1.165) is 39.7 Å². The lowest BCUT2D eigenvalue weighted by molar-refractivity contribution is 0.630. The van der Waals surface area contributed by atoms with Crippen molar-refractivity contribution in [2.24, 2.45) is 0 Å². The number of rotatable bonds is 3. The Labute approximate surface area is 139 Å². The first-order valence-corrected chi connectivity index (χ1v) is 8.67. The second-order valence-electron chi connectivity index (χ2n) is 5.55. The van der Waals surface area contributed by atoms with E-state index in [9.17, 15) is 4.39 Å². The quantitative estimate of drug-likeness (QED) is 0.530. The predicted molar refractivity (Wildman–Crippen MR) is 95.1 cm³/mol. The minimum absolute atomic E-state index is 0.181. The topological polar surface area (TPSA) is 55.0 Å². The Bertz CT molecular complexity index is 788. The van der Waals surface area contributed by atoms with Crippen molar-refractivity contribution in [3.05, 3.63) is 40.8 Å². The Kier molecular flexibility index (Phi) is 4.26. The molecule has 23 heavy (non-hydrogen) atoms. The summed E-state index contributed by atoms with van der Waals surface area (Å²) in [4.78, 5) is 11.0. The number of aryl methyl sites for hydroxylation is 1. The molecule has 0 amide bonds. The highest BCUT2D eigenvalue weighted by molar-refractivity contribution is 7.98. The van der Waals surface area contributed by atoms with Crippen LogP contribution in [0.15, 0.2) is 23.5 Å². The molecule has 0 radical (unpaired) electrons. The van der Waals surface area contributed by atoms with E-state index in [4.69, 9.17) is 5.73 Å². The fraction of sp³-hybridized carbons (Fsp3) is 0.294. The number of benzene rings is 1. The number of nitrogen functional groups attached to an aromatic ring is 1. The average molecular weight is 330 g/mol. The highest BCUT2D eigenvalue weighted by Crippen LogP contribution is 2.33. The molecule has 3 rings (SSSR count). The van der Waals surface area contributed by atoms with Crippen LogP contribution in [0.5, 0.6) is 0 Å². The van der Waals surface area contributed by atoms with E-state index in [1.807, 2.05) is 26.4 Å². The molecule has 0 saturated heterocycles. The molecular formula is C17H19FN4S. The van der Waals surface area contributed by atoms with E-state index in [-0.39, 0.29) is 11.5 Å². The lowest BCUT2D eigenvalue weighted by Gasteiger charge is -2.27. The van der Waals surface area contributed by atoms with Crippen molar-refractivity contribution in [3.63, 3.8) is 0 Å². The minimum atomic E-state index is -0.358. The number of aromatic nitrogens is 2. The van der Waals surface area contributed by atoms with E-state index >= 15 is 0 Å². The summed E-state index contributed by atoms with van der Waals surface area (Å²) >= 11 is 1.52. The molecule has 6 heteroatoms. The van der Waals surface area contributed by atoms with Crippen molar-refractivity contribution in [1.29, 1.82) is 0 Å². The first-order valence-electron chi connectivity index (χ1n) is 7.44. The van der Waals surface area contributed by atoms with E-state index in [1.54, 1.807) is 6.07 Å².